The summed E-state index contributed by atoms with van der Waals surface area (Å²) in [7, 11) is -2.83. The van der Waals surface area contributed by atoms with Gasteiger partial charge in [0.05, 0.1) is 5.75 Å². The van der Waals surface area contributed by atoms with Crippen LogP contribution in [0, 0.1) is 0 Å². The lowest BCUT2D eigenvalue weighted by Gasteiger charge is -2.32. The summed E-state index contributed by atoms with van der Waals surface area (Å²) in [5.74, 6) is 0.624. The van der Waals surface area contributed by atoms with E-state index in [1.54, 1.807) is 0 Å². The fourth-order valence-electron chi connectivity index (χ4n) is 3.30. The van der Waals surface area contributed by atoms with Crippen molar-refractivity contribution in [2.75, 3.05) is 31.1 Å². The molecule has 106 valence electrons. The molecule has 2 heterocycles. The quantitative estimate of drug-likeness (QED) is 0.786. The van der Waals surface area contributed by atoms with Gasteiger partial charge >= 0.3 is 0 Å². The number of fused-ring (bicyclic) bond motifs is 1. The van der Waals surface area contributed by atoms with Crippen LogP contribution in [0.1, 0.15) is 39.0 Å². The zero-order valence-electron chi connectivity index (χ0n) is 11.4. The summed E-state index contributed by atoms with van der Waals surface area (Å²) in [6.07, 6.45) is 5.83. The third-order valence-electron chi connectivity index (χ3n) is 4.19. The van der Waals surface area contributed by atoms with E-state index in [2.05, 4.69) is 10.2 Å². The number of nitrogens with one attached hydrogen (secondary N) is 1. The number of nitrogens with zero attached hydrogens (tertiary/aromatic N) is 1. The Kier molecular flexibility index (Phi) is 5.04. The maximum Gasteiger partial charge on any atom is 0.151 e. The molecule has 18 heavy (non-hydrogen) atoms. The van der Waals surface area contributed by atoms with Gasteiger partial charge in [0.15, 0.2) is 9.84 Å². The normalized spacial score (nSPS) is 29.4. The molecule has 0 aromatic carbocycles. The van der Waals surface area contributed by atoms with E-state index in [4.69, 9.17) is 0 Å². The molecule has 4 nitrogen and oxygen atoms in total. The summed E-state index contributed by atoms with van der Waals surface area (Å²) < 4.78 is 23.3. The number of hydrogen-bond acceptors (Lipinski definition) is 4. The van der Waals surface area contributed by atoms with Crippen LogP contribution in [0.2, 0.25) is 0 Å². The molecule has 0 amide bonds. The van der Waals surface area contributed by atoms with E-state index in [1.807, 2.05) is 6.92 Å². The van der Waals surface area contributed by atoms with Crippen LogP contribution >= 0.6 is 0 Å². The van der Waals surface area contributed by atoms with Crippen LogP contribution in [0.5, 0.6) is 0 Å². The predicted molar refractivity (Wildman–Crippen MR) is 74.6 cm³/mol. The maximum absolute atomic E-state index is 11.6. The predicted octanol–water partition coefficient (Wildman–Crippen LogP) is 1.03. The van der Waals surface area contributed by atoms with E-state index >= 15 is 0 Å². The van der Waals surface area contributed by atoms with Gasteiger partial charge in [0.25, 0.3) is 0 Å². The van der Waals surface area contributed by atoms with Gasteiger partial charge in [0.2, 0.25) is 0 Å². The smallest absolute Gasteiger partial charge is 0.151 e. The number of piperidine rings is 1. The topological polar surface area (TPSA) is 49.4 Å². The molecule has 2 unspecified atom stereocenters. The van der Waals surface area contributed by atoms with Gasteiger partial charge in [0, 0.05) is 30.9 Å². The minimum absolute atomic E-state index is 0.296. The Labute approximate surface area is 111 Å². The molecule has 1 N–H and O–H groups in total. The molecular formula is C13H26N2O2S. The molecular weight excluding hydrogens is 248 g/mol. The number of sulfone groups is 1. The first-order valence-corrected chi connectivity index (χ1v) is 9.12. The largest absolute Gasteiger partial charge is 0.311 e. The second kappa shape index (κ2) is 6.35. The first-order valence-electron chi connectivity index (χ1n) is 7.30. The average molecular weight is 274 g/mol. The van der Waals surface area contributed by atoms with Crippen LogP contribution < -0.4 is 5.32 Å². The van der Waals surface area contributed by atoms with E-state index in [-0.39, 0.29) is 0 Å². The van der Waals surface area contributed by atoms with E-state index in [1.165, 1.54) is 38.8 Å². The van der Waals surface area contributed by atoms with Crippen molar-refractivity contribution in [3.8, 4) is 0 Å². The van der Waals surface area contributed by atoms with Gasteiger partial charge in [-0.1, -0.05) is 13.3 Å². The van der Waals surface area contributed by atoms with Crippen molar-refractivity contribution in [2.45, 2.75) is 51.1 Å². The van der Waals surface area contributed by atoms with Gasteiger partial charge < -0.3 is 5.32 Å². The minimum atomic E-state index is -2.83. The molecule has 2 fully saturated rings. The van der Waals surface area contributed by atoms with Crippen molar-refractivity contribution in [1.82, 2.24) is 10.2 Å². The molecule has 5 heteroatoms. The molecule has 0 bridgehead atoms. The van der Waals surface area contributed by atoms with Crippen LogP contribution in [0.4, 0.5) is 0 Å². The summed E-state index contributed by atoms with van der Waals surface area (Å²) in [6, 6.07) is 1.18. The van der Waals surface area contributed by atoms with E-state index in [9.17, 15) is 8.42 Å². The third-order valence-corrected chi connectivity index (χ3v) is 6.05. The first kappa shape index (κ1) is 14.3. The van der Waals surface area contributed by atoms with Gasteiger partial charge in [-0.2, -0.15) is 0 Å². The third kappa shape index (κ3) is 3.68. The molecule has 2 aliphatic rings. The summed E-state index contributed by atoms with van der Waals surface area (Å²) in [5.41, 5.74) is 0. The zero-order chi connectivity index (χ0) is 13.0. The van der Waals surface area contributed by atoms with Crippen LogP contribution in [0.3, 0.4) is 0 Å². The lowest BCUT2D eigenvalue weighted by atomic mass is 9.99. The SMILES string of the molecule is CCCS(=O)(=O)CCNC1CCN2CCCCC12. The molecule has 0 aliphatic carbocycles. The summed E-state index contributed by atoms with van der Waals surface area (Å²) in [4.78, 5) is 2.57. The molecule has 2 saturated heterocycles. The lowest BCUT2D eigenvalue weighted by Crippen LogP contribution is -2.45. The van der Waals surface area contributed by atoms with Crippen LogP contribution in [-0.4, -0.2) is 56.5 Å². The molecule has 2 aliphatic heterocycles. The summed E-state index contributed by atoms with van der Waals surface area (Å²) in [5, 5.41) is 3.47. The van der Waals surface area contributed by atoms with Gasteiger partial charge in [-0.3, -0.25) is 4.90 Å². The van der Waals surface area contributed by atoms with Crippen molar-refractivity contribution in [1.29, 1.82) is 0 Å². The van der Waals surface area contributed by atoms with Gasteiger partial charge in [-0.15, -0.1) is 0 Å². The Morgan fingerprint density at radius 2 is 2.00 bits per heavy atom. The Morgan fingerprint density at radius 3 is 2.78 bits per heavy atom. The molecule has 0 saturated carbocycles. The lowest BCUT2D eigenvalue weighted by molar-refractivity contribution is 0.181. The molecule has 0 aromatic rings. The fraction of sp³-hybridized carbons (Fsp3) is 1.00. The number of hydrogen-bond donors (Lipinski definition) is 1. The van der Waals surface area contributed by atoms with Gasteiger partial charge in [0.1, 0.15) is 0 Å². The van der Waals surface area contributed by atoms with Crippen molar-refractivity contribution in [2.24, 2.45) is 0 Å². The van der Waals surface area contributed by atoms with Crippen molar-refractivity contribution < 1.29 is 8.42 Å². The highest BCUT2D eigenvalue weighted by molar-refractivity contribution is 7.91. The van der Waals surface area contributed by atoms with Crippen LogP contribution in [-0.2, 0) is 9.84 Å². The van der Waals surface area contributed by atoms with Crippen LogP contribution in [0.15, 0.2) is 0 Å². The first-order chi connectivity index (χ1) is 8.62. The average Bonchev–Trinajstić information content (AvgIpc) is 2.73. The highest BCUT2D eigenvalue weighted by Gasteiger charge is 2.34. The zero-order valence-corrected chi connectivity index (χ0v) is 12.2. The van der Waals surface area contributed by atoms with Gasteiger partial charge in [-0.05, 0) is 32.2 Å². The maximum atomic E-state index is 11.6. The highest BCUT2D eigenvalue weighted by Crippen LogP contribution is 2.26. The second-order valence-corrected chi connectivity index (χ2v) is 7.90. The fourth-order valence-corrected chi connectivity index (χ4v) is 4.55. The summed E-state index contributed by atoms with van der Waals surface area (Å²) >= 11 is 0. The standard InChI is InChI=1S/C13H26N2O2S/c1-2-10-18(16,17)11-7-14-12-6-9-15-8-4-3-5-13(12)15/h12-14H,2-11H2,1H3. The van der Waals surface area contributed by atoms with Crippen molar-refractivity contribution in [3.05, 3.63) is 0 Å². The van der Waals surface area contributed by atoms with Gasteiger partial charge in [-0.25, -0.2) is 8.42 Å². The molecule has 2 atom stereocenters. The minimum Gasteiger partial charge on any atom is -0.311 e. The molecule has 0 aromatic heterocycles. The Bertz CT molecular complexity index is 356. The van der Waals surface area contributed by atoms with Crippen LogP contribution in [0.25, 0.3) is 0 Å². The Balaban J connectivity index is 1.74. The van der Waals surface area contributed by atoms with Crippen molar-refractivity contribution in [3.63, 3.8) is 0 Å². The van der Waals surface area contributed by atoms with E-state index in [0.717, 1.165) is 6.42 Å². The van der Waals surface area contributed by atoms with E-state index in [0.29, 0.717) is 30.1 Å². The highest BCUT2D eigenvalue weighted by atomic mass is 32.2. The Morgan fingerprint density at radius 1 is 1.17 bits per heavy atom. The monoisotopic (exact) mass is 274 g/mol. The van der Waals surface area contributed by atoms with Crippen molar-refractivity contribution >= 4 is 9.84 Å². The second-order valence-electron chi connectivity index (χ2n) is 5.60. The molecule has 2 rings (SSSR count). The van der Waals surface area contributed by atoms with E-state index < -0.39 is 9.84 Å². The Hall–Kier alpha value is -0.130. The number of rotatable bonds is 6. The summed E-state index contributed by atoms with van der Waals surface area (Å²) in [6.45, 7) is 4.96. The molecule has 0 spiro atoms. The molecule has 0 radical (unpaired) electrons.